The molecular weight excluding hydrogens is 182 g/mol. The van der Waals surface area contributed by atoms with Gasteiger partial charge in [0.05, 0.1) is 0 Å². The summed E-state index contributed by atoms with van der Waals surface area (Å²) in [5, 5.41) is 0. The molecule has 0 aliphatic carbocycles. The number of pyridine rings is 1. The lowest BCUT2D eigenvalue weighted by Gasteiger charge is -1.82. The van der Waals surface area contributed by atoms with Gasteiger partial charge >= 0.3 is 0 Å². The molecule has 1 heterocycles. The van der Waals surface area contributed by atoms with Crippen LogP contribution >= 0.6 is 0 Å². The predicted octanol–water partition coefficient (Wildman–Crippen LogP) is 4.10. The highest BCUT2D eigenvalue weighted by Crippen LogP contribution is 1.92. The van der Waals surface area contributed by atoms with Crippen molar-refractivity contribution in [3.63, 3.8) is 0 Å². The first-order chi connectivity index (χ1) is 7.39. The second kappa shape index (κ2) is 10.5. The topological polar surface area (TPSA) is 12.9 Å². The fourth-order valence-corrected chi connectivity index (χ4v) is 0.847. The van der Waals surface area contributed by atoms with Crippen molar-refractivity contribution in [3.05, 3.63) is 66.5 Å². The van der Waals surface area contributed by atoms with E-state index in [4.69, 9.17) is 0 Å². The zero-order valence-corrected chi connectivity index (χ0v) is 9.72. The van der Waals surface area contributed by atoms with Gasteiger partial charge in [0.15, 0.2) is 0 Å². The lowest BCUT2D eigenvalue weighted by Crippen LogP contribution is -1.62. The molecule has 0 bridgehead atoms. The molecule has 0 aliphatic rings. The molecule has 1 heteroatoms. The van der Waals surface area contributed by atoms with E-state index in [1.807, 2.05) is 50.2 Å². The summed E-state index contributed by atoms with van der Waals surface area (Å²) in [7, 11) is 0. The van der Waals surface area contributed by atoms with Crippen molar-refractivity contribution in [1.29, 1.82) is 0 Å². The van der Waals surface area contributed by atoms with E-state index >= 15 is 0 Å². The predicted molar refractivity (Wildman–Crippen MR) is 66.8 cm³/mol. The van der Waals surface area contributed by atoms with E-state index in [0.717, 1.165) is 0 Å². The summed E-state index contributed by atoms with van der Waals surface area (Å²) in [6, 6.07) is 16.0. The Morgan fingerprint density at radius 3 is 1.40 bits per heavy atom. The third-order valence-electron chi connectivity index (χ3n) is 1.51. The zero-order valence-electron chi connectivity index (χ0n) is 9.72. The molecule has 0 aliphatic heterocycles. The van der Waals surface area contributed by atoms with Crippen LogP contribution in [0.5, 0.6) is 0 Å². The van der Waals surface area contributed by atoms with Crippen LogP contribution in [0, 0.1) is 6.92 Å². The third kappa shape index (κ3) is 8.69. The van der Waals surface area contributed by atoms with Crippen LogP contribution in [0.25, 0.3) is 0 Å². The third-order valence-corrected chi connectivity index (χ3v) is 1.51. The van der Waals surface area contributed by atoms with Crippen LogP contribution in [0.2, 0.25) is 0 Å². The van der Waals surface area contributed by atoms with Crippen molar-refractivity contribution in [2.24, 2.45) is 0 Å². The highest BCUT2D eigenvalue weighted by atomic mass is 14.6. The maximum Gasteiger partial charge on any atom is 0.0267 e. The van der Waals surface area contributed by atoms with Gasteiger partial charge in [-0.2, -0.15) is 0 Å². The molecule has 0 fully saturated rings. The summed E-state index contributed by atoms with van der Waals surface area (Å²) >= 11 is 0. The van der Waals surface area contributed by atoms with E-state index in [-0.39, 0.29) is 0 Å². The van der Waals surface area contributed by atoms with E-state index in [1.54, 1.807) is 12.4 Å². The molecule has 0 N–H and O–H groups in total. The molecule has 15 heavy (non-hydrogen) atoms. The quantitative estimate of drug-likeness (QED) is 0.625. The van der Waals surface area contributed by atoms with Crippen LogP contribution < -0.4 is 0 Å². The van der Waals surface area contributed by atoms with Crippen molar-refractivity contribution < 1.29 is 0 Å². The molecule has 0 atom stereocenters. The Morgan fingerprint density at radius 2 is 1.20 bits per heavy atom. The normalized spacial score (nSPS) is 7.67. The lowest BCUT2D eigenvalue weighted by molar-refractivity contribution is 1.33. The minimum Gasteiger partial charge on any atom is -0.265 e. The summed E-state index contributed by atoms with van der Waals surface area (Å²) in [6.45, 7) is 6.08. The van der Waals surface area contributed by atoms with Crippen molar-refractivity contribution in [3.8, 4) is 0 Å². The van der Waals surface area contributed by atoms with Crippen molar-refractivity contribution in [1.82, 2.24) is 4.98 Å². The maximum atomic E-state index is 3.78. The molecule has 0 saturated heterocycles. The van der Waals surface area contributed by atoms with Crippen molar-refractivity contribution in [2.45, 2.75) is 20.8 Å². The molecule has 0 unspecified atom stereocenters. The number of aryl methyl sites for hydroxylation is 1. The van der Waals surface area contributed by atoms with Crippen LogP contribution in [0.4, 0.5) is 0 Å². The largest absolute Gasteiger partial charge is 0.265 e. The van der Waals surface area contributed by atoms with Gasteiger partial charge in [0.1, 0.15) is 0 Å². The summed E-state index contributed by atoms with van der Waals surface area (Å²) in [5.41, 5.74) is 1.32. The molecule has 0 amide bonds. The van der Waals surface area contributed by atoms with Crippen LogP contribution in [0.15, 0.2) is 60.9 Å². The standard InChI is InChI=1S/C7H8.C5H5N.C2H6/c1-7-5-3-2-4-6-7;1-2-4-6-5-3-1;1-2/h2-6H,1H3;1-5H;1-2H3. The number of rotatable bonds is 0. The molecule has 1 aromatic carbocycles. The lowest BCUT2D eigenvalue weighted by atomic mass is 10.2. The first-order valence-electron chi connectivity index (χ1n) is 5.26. The van der Waals surface area contributed by atoms with Gasteiger partial charge in [-0.15, -0.1) is 0 Å². The van der Waals surface area contributed by atoms with Crippen LogP contribution in [0.1, 0.15) is 19.4 Å². The van der Waals surface area contributed by atoms with Crippen LogP contribution in [0.3, 0.4) is 0 Å². The molecular formula is C14H19N. The average molecular weight is 201 g/mol. The molecule has 0 spiro atoms. The molecule has 2 aromatic rings. The number of hydrogen-bond acceptors (Lipinski definition) is 1. The van der Waals surface area contributed by atoms with Gasteiger partial charge in [-0.1, -0.05) is 55.8 Å². The number of benzene rings is 1. The average Bonchev–Trinajstić information content (AvgIpc) is 2.36. The minimum atomic E-state index is 1.32. The van der Waals surface area contributed by atoms with Gasteiger partial charge in [-0.3, -0.25) is 4.98 Å². The van der Waals surface area contributed by atoms with E-state index in [0.29, 0.717) is 0 Å². The Kier molecular flexibility index (Phi) is 9.32. The Morgan fingerprint density at radius 1 is 0.733 bits per heavy atom. The van der Waals surface area contributed by atoms with Gasteiger partial charge in [0.25, 0.3) is 0 Å². The second-order valence-electron chi connectivity index (χ2n) is 2.68. The second-order valence-corrected chi connectivity index (χ2v) is 2.68. The Labute approximate surface area is 92.8 Å². The van der Waals surface area contributed by atoms with Gasteiger partial charge in [0, 0.05) is 12.4 Å². The minimum absolute atomic E-state index is 1.32. The molecule has 80 valence electrons. The van der Waals surface area contributed by atoms with Gasteiger partial charge < -0.3 is 0 Å². The van der Waals surface area contributed by atoms with Crippen molar-refractivity contribution >= 4 is 0 Å². The molecule has 1 nitrogen and oxygen atoms in total. The SMILES string of the molecule is CC.Cc1ccccc1.c1ccncc1. The number of hydrogen-bond donors (Lipinski definition) is 0. The fraction of sp³-hybridized carbons (Fsp3) is 0.214. The van der Waals surface area contributed by atoms with E-state index in [1.165, 1.54) is 5.56 Å². The Bertz CT molecular complexity index is 276. The zero-order chi connectivity index (χ0) is 11.4. The summed E-state index contributed by atoms with van der Waals surface area (Å²) in [6.07, 6.45) is 3.50. The van der Waals surface area contributed by atoms with E-state index < -0.39 is 0 Å². The highest BCUT2D eigenvalue weighted by molar-refractivity contribution is 5.11. The molecule has 0 saturated carbocycles. The van der Waals surface area contributed by atoms with Gasteiger partial charge in [0.2, 0.25) is 0 Å². The van der Waals surface area contributed by atoms with Crippen molar-refractivity contribution in [2.75, 3.05) is 0 Å². The smallest absolute Gasteiger partial charge is 0.0267 e. The number of nitrogens with zero attached hydrogens (tertiary/aromatic N) is 1. The molecule has 2 rings (SSSR count). The monoisotopic (exact) mass is 201 g/mol. The summed E-state index contributed by atoms with van der Waals surface area (Å²) in [5.74, 6) is 0. The highest BCUT2D eigenvalue weighted by Gasteiger charge is 1.72. The first-order valence-corrected chi connectivity index (χ1v) is 5.26. The summed E-state index contributed by atoms with van der Waals surface area (Å²) in [4.78, 5) is 3.78. The fourth-order valence-electron chi connectivity index (χ4n) is 0.847. The maximum absolute atomic E-state index is 3.78. The van der Waals surface area contributed by atoms with Crippen LogP contribution in [-0.4, -0.2) is 4.98 Å². The van der Waals surface area contributed by atoms with E-state index in [2.05, 4.69) is 24.0 Å². The molecule has 0 radical (unpaired) electrons. The molecule has 1 aromatic heterocycles. The number of aromatic nitrogens is 1. The van der Waals surface area contributed by atoms with E-state index in [9.17, 15) is 0 Å². The Hall–Kier alpha value is -1.63. The summed E-state index contributed by atoms with van der Waals surface area (Å²) < 4.78 is 0. The Balaban J connectivity index is 0.000000227. The van der Waals surface area contributed by atoms with Crippen LogP contribution in [-0.2, 0) is 0 Å². The van der Waals surface area contributed by atoms with Gasteiger partial charge in [-0.05, 0) is 19.1 Å². The van der Waals surface area contributed by atoms with Gasteiger partial charge in [-0.25, -0.2) is 0 Å². The first kappa shape index (κ1) is 13.4.